The van der Waals surface area contributed by atoms with Crippen molar-refractivity contribution in [1.29, 1.82) is 0 Å². The molecule has 1 N–H and O–H groups in total. The number of hydrogen-bond donors (Lipinski definition) is 1. The van der Waals surface area contributed by atoms with Crippen molar-refractivity contribution in [3.63, 3.8) is 0 Å². The van der Waals surface area contributed by atoms with Gasteiger partial charge in [-0.05, 0) is 19.3 Å². The number of carbonyl (C=O) groups is 2. The first-order chi connectivity index (χ1) is 8.96. The molecule has 0 aromatic rings. The Balaban J connectivity index is 1.82. The molecule has 0 aromatic carbocycles. The molecule has 1 atom stereocenters. The van der Waals surface area contributed by atoms with Crippen LogP contribution in [0.25, 0.3) is 0 Å². The summed E-state index contributed by atoms with van der Waals surface area (Å²) in [5.74, 6) is -0.0724. The van der Waals surface area contributed by atoms with Crippen molar-refractivity contribution >= 4 is 21.7 Å². The van der Waals surface area contributed by atoms with Gasteiger partial charge in [0.25, 0.3) is 0 Å². The average Bonchev–Trinajstić information content (AvgIpc) is 2.53. The van der Waals surface area contributed by atoms with Crippen molar-refractivity contribution in [2.45, 2.75) is 38.1 Å². The van der Waals surface area contributed by atoms with Crippen molar-refractivity contribution in [2.75, 3.05) is 24.6 Å². The van der Waals surface area contributed by atoms with E-state index in [0.717, 1.165) is 19.3 Å². The summed E-state index contributed by atoms with van der Waals surface area (Å²) >= 11 is 0. The first-order valence-corrected chi connectivity index (χ1v) is 8.56. The first kappa shape index (κ1) is 14.3. The fourth-order valence-corrected chi connectivity index (χ4v) is 4.23. The van der Waals surface area contributed by atoms with Crippen LogP contribution in [0, 0.1) is 0 Å². The van der Waals surface area contributed by atoms with E-state index in [1.807, 2.05) is 0 Å². The molecule has 0 aromatic heterocycles. The molecule has 2 saturated heterocycles. The van der Waals surface area contributed by atoms with Gasteiger partial charge in [-0.3, -0.25) is 9.59 Å². The Labute approximate surface area is 113 Å². The third kappa shape index (κ3) is 4.19. The third-order valence-corrected chi connectivity index (χ3v) is 5.37. The number of carbonyl (C=O) groups excluding carboxylic acids is 2. The van der Waals surface area contributed by atoms with E-state index in [0.29, 0.717) is 19.4 Å². The minimum Gasteiger partial charge on any atom is -0.351 e. The van der Waals surface area contributed by atoms with Crippen LogP contribution in [0.4, 0.5) is 0 Å². The Morgan fingerprint density at radius 2 is 2.11 bits per heavy atom. The van der Waals surface area contributed by atoms with Gasteiger partial charge in [-0.1, -0.05) is 6.42 Å². The Kier molecular flexibility index (Phi) is 4.44. The van der Waals surface area contributed by atoms with Gasteiger partial charge in [-0.25, -0.2) is 8.42 Å². The molecule has 2 fully saturated rings. The van der Waals surface area contributed by atoms with Crippen LogP contribution in [-0.2, 0) is 19.4 Å². The van der Waals surface area contributed by atoms with E-state index in [1.54, 1.807) is 4.90 Å². The third-order valence-electron chi connectivity index (χ3n) is 3.60. The largest absolute Gasteiger partial charge is 0.351 e. The van der Waals surface area contributed by atoms with E-state index in [-0.39, 0.29) is 35.9 Å². The van der Waals surface area contributed by atoms with E-state index in [2.05, 4.69) is 5.32 Å². The summed E-state index contributed by atoms with van der Waals surface area (Å²) in [7, 11) is -2.99. The van der Waals surface area contributed by atoms with Gasteiger partial charge in [0.05, 0.1) is 18.1 Å². The molecule has 0 radical (unpaired) electrons. The molecule has 6 nitrogen and oxygen atoms in total. The van der Waals surface area contributed by atoms with Crippen molar-refractivity contribution < 1.29 is 18.0 Å². The number of nitrogens with zero attached hydrogens (tertiary/aromatic N) is 1. The van der Waals surface area contributed by atoms with Crippen molar-refractivity contribution in [3.8, 4) is 0 Å². The van der Waals surface area contributed by atoms with E-state index < -0.39 is 9.84 Å². The minimum absolute atomic E-state index is 0.0201. The molecule has 108 valence electrons. The predicted octanol–water partition coefficient (Wildman–Crippen LogP) is -0.308. The maximum Gasteiger partial charge on any atom is 0.239 e. The second-order valence-electron chi connectivity index (χ2n) is 5.29. The fourth-order valence-electron chi connectivity index (χ4n) is 2.56. The summed E-state index contributed by atoms with van der Waals surface area (Å²) in [5, 5.41) is 2.71. The van der Waals surface area contributed by atoms with E-state index >= 15 is 0 Å². The first-order valence-electron chi connectivity index (χ1n) is 6.74. The van der Waals surface area contributed by atoms with E-state index in [1.165, 1.54) is 0 Å². The summed E-state index contributed by atoms with van der Waals surface area (Å²) in [5.41, 5.74) is 0. The van der Waals surface area contributed by atoms with Crippen LogP contribution >= 0.6 is 0 Å². The predicted molar refractivity (Wildman–Crippen MR) is 70.2 cm³/mol. The lowest BCUT2D eigenvalue weighted by Crippen LogP contribution is -2.44. The number of amides is 2. The molecule has 19 heavy (non-hydrogen) atoms. The van der Waals surface area contributed by atoms with Gasteiger partial charge in [0.15, 0.2) is 9.84 Å². The molecule has 0 saturated carbocycles. The smallest absolute Gasteiger partial charge is 0.239 e. The highest BCUT2D eigenvalue weighted by atomic mass is 32.2. The number of rotatable bonds is 3. The molecule has 0 unspecified atom stereocenters. The SMILES string of the molecule is O=C(CN1CCCCCC1=O)N[C@@H]1CCS(=O)(=O)C1. The summed E-state index contributed by atoms with van der Waals surface area (Å²) in [4.78, 5) is 25.2. The lowest BCUT2D eigenvalue weighted by Gasteiger charge is -2.21. The molecule has 0 bridgehead atoms. The highest BCUT2D eigenvalue weighted by Crippen LogP contribution is 2.12. The van der Waals surface area contributed by atoms with Gasteiger partial charge in [-0.15, -0.1) is 0 Å². The Morgan fingerprint density at radius 3 is 2.79 bits per heavy atom. The van der Waals surface area contributed by atoms with Crippen molar-refractivity contribution in [2.24, 2.45) is 0 Å². The monoisotopic (exact) mass is 288 g/mol. The highest BCUT2D eigenvalue weighted by molar-refractivity contribution is 7.91. The van der Waals surface area contributed by atoms with Gasteiger partial charge < -0.3 is 10.2 Å². The second-order valence-corrected chi connectivity index (χ2v) is 7.52. The summed E-state index contributed by atoms with van der Waals surface area (Å²) in [6.07, 6.45) is 3.81. The van der Waals surface area contributed by atoms with E-state index in [4.69, 9.17) is 0 Å². The van der Waals surface area contributed by atoms with Gasteiger partial charge in [0.1, 0.15) is 0 Å². The normalized spacial score (nSPS) is 27.1. The molecule has 2 heterocycles. The van der Waals surface area contributed by atoms with Gasteiger partial charge >= 0.3 is 0 Å². The van der Waals surface area contributed by atoms with Gasteiger partial charge in [0, 0.05) is 19.0 Å². The van der Waals surface area contributed by atoms with Crippen LogP contribution in [0.2, 0.25) is 0 Å². The number of likely N-dealkylation sites (tertiary alicyclic amines) is 1. The minimum atomic E-state index is -2.99. The molecular formula is C12H20N2O4S. The van der Waals surface area contributed by atoms with Crippen LogP contribution in [0.15, 0.2) is 0 Å². The lowest BCUT2D eigenvalue weighted by atomic mass is 10.2. The summed E-state index contributed by atoms with van der Waals surface area (Å²) in [6.45, 7) is 0.671. The molecule has 2 aliphatic heterocycles. The zero-order chi connectivity index (χ0) is 13.9. The average molecular weight is 288 g/mol. The molecule has 7 heteroatoms. The van der Waals surface area contributed by atoms with Crippen LogP contribution in [0.1, 0.15) is 32.1 Å². The number of nitrogens with one attached hydrogen (secondary N) is 1. The quantitative estimate of drug-likeness (QED) is 0.772. The lowest BCUT2D eigenvalue weighted by molar-refractivity contribution is -0.135. The van der Waals surface area contributed by atoms with Crippen LogP contribution in [-0.4, -0.2) is 55.8 Å². The van der Waals surface area contributed by atoms with Crippen LogP contribution in [0.5, 0.6) is 0 Å². The number of sulfone groups is 1. The highest BCUT2D eigenvalue weighted by Gasteiger charge is 2.29. The molecule has 2 amide bonds. The molecular weight excluding hydrogens is 268 g/mol. The fraction of sp³-hybridized carbons (Fsp3) is 0.833. The van der Waals surface area contributed by atoms with Crippen molar-refractivity contribution in [3.05, 3.63) is 0 Å². The molecule has 0 spiro atoms. The zero-order valence-corrected chi connectivity index (χ0v) is 11.7. The zero-order valence-electron chi connectivity index (χ0n) is 10.9. The topological polar surface area (TPSA) is 83.6 Å². The van der Waals surface area contributed by atoms with Gasteiger partial charge in [0.2, 0.25) is 11.8 Å². The molecule has 2 rings (SSSR count). The molecule has 0 aliphatic carbocycles. The summed E-state index contributed by atoms with van der Waals surface area (Å²) < 4.78 is 22.6. The van der Waals surface area contributed by atoms with Crippen LogP contribution < -0.4 is 5.32 Å². The standard InChI is InChI=1S/C12H20N2O4S/c15-11(13-10-5-7-19(17,18)9-10)8-14-6-3-1-2-4-12(14)16/h10H,1-9H2,(H,13,15)/t10-/m1/s1. The Morgan fingerprint density at radius 1 is 1.32 bits per heavy atom. The maximum absolute atomic E-state index is 11.8. The maximum atomic E-state index is 11.8. The molecule has 2 aliphatic rings. The Hall–Kier alpha value is -1.11. The van der Waals surface area contributed by atoms with Crippen molar-refractivity contribution in [1.82, 2.24) is 10.2 Å². The summed E-state index contributed by atoms with van der Waals surface area (Å²) in [6, 6.07) is -0.292. The van der Waals surface area contributed by atoms with Gasteiger partial charge in [-0.2, -0.15) is 0 Å². The van der Waals surface area contributed by atoms with E-state index in [9.17, 15) is 18.0 Å². The number of hydrogen-bond acceptors (Lipinski definition) is 4. The second kappa shape index (κ2) is 5.90. The Bertz CT molecular complexity index is 460. The van der Waals surface area contributed by atoms with Crippen LogP contribution in [0.3, 0.4) is 0 Å².